The second-order valence-corrected chi connectivity index (χ2v) is 6.59. The van der Waals surface area contributed by atoms with Crippen LogP contribution in [0.2, 0.25) is 0 Å². The fourth-order valence-corrected chi connectivity index (χ4v) is 3.09. The van der Waals surface area contributed by atoms with Gasteiger partial charge < -0.3 is 20.3 Å². The van der Waals surface area contributed by atoms with Gasteiger partial charge in [0.15, 0.2) is 11.5 Å². The van der Waals surface area contributed by atoms with Gasteiger partial charge in [0.2, 0.25) is 0 Å². The zero-order valence-corrected chi connectivity index (χ0v) is 15.9. The highest BCUT2D eigenvalue weighted by Crippen LogP contribution is 2.28. The lowest BCUT2D eigenvalue weighted by Crippen LogP contribution is -2.36. The molecule has 4 rings (SSSR count). The molecule has 8 nitrogen and oxygen atoms in total. The van der Waals surface area contributed by atoms with Crippen molar-refractivity contribution < 1.29 is 9.53 Å². The van der Waals surface area contributed by atoms with Crippen LogP contribution in [0.15, 0.2) is 60.9 Å². The average molecular weight is 390 g/mol. The molecule has 1 saturated heterocycles. The minimum Gasteiger partial charge on any atom is -0.378 e. The Morgan fingerprint density at radius 3 is 2.66 bits per heavy atom. The fraction of sp³-hybridized carbons (Fsp3) is 0.238. The molecule has 148 valence electrons. The normalized spacial score (nSPS) is 13.7. The summed E-state index contributed by atoms with van der Waals surface area (Å²) in [5, 5.41) is 14.3. The lowest BCUT2D eigenvalue weighted by Gasteiger charge is -2.30. The number of carbonyl (C=O) groups excluding carboxylic acids is 1. The average Bonchev–Trinajstić information content (AvgIpc) is 2.80. The molecule has 1 aromatic carbocycles. The van der Waals surface area contributed by atoms with E-state index in [2.05, 4.69) is 36.8 Å². The SMILES string of the molecule is O=C(NCc1cccnc1)c1ccc(Nc2ccccc2N2CCOCC2)nn1. The molecule has 0 unspecified atom stereocenters. The number of morpholine rings is 1. The maximum absolute atomic E-state index is 12.3. The minimum atomic E-state index is -0.276. The highest BCUT2D eigenvalue weighted by molar-refractivity contribution is 5.92. The highest BCUT2D eigenvalue weighted by atomic mass is 16.5. The first-order valence-corrected chi connectivity index (χ1v) is 9.49. The lowest BCUT2D eigenvalue weighted by atomic mass is 10.2. The molecule has 0 saturated carbocycles. The number of hydrogen-bond acceptors (Lipinski definition) is 7. The Morgan fingerprint density at radius 1 is 1.03 bits per heavy atom. The molecule has 3 aromatic rings. The van der Waals surface area contributed by atoms with Crippen LogP contribution in [0.1, 0.15) is 16.1 Å². The second kappa shape index (κ2) is 9.11. The number of hydrogen-bond donors (Lipinski definition) is 2. The highest BCUT2D eigenvalue weighted by Gasteiger charge is 2.15. The van der Waals surface area contributed by atoms with E-state index in [1.165, 1.54) is 0 Å². The van der Waals surface area contributed by atoms with E-state index in [9.17, 15) is 4.79 Å². The summed E-state index contributed by atoms with van der Waals surface area (Å²) in [6.45, 7) is 3.52. The fourth-order valence-electron chi connectivity index (χ4n) is 3.09. The first-order valence-electron chi connectivity index (χ1n) is 9.49. The molecule has 29 heavy (non-hydrogen) atoms. The van der Waals surface area contributed by atoms with Crippen molar-refractivity contribution in [2.45, 2.75) is 6.54 Å². The first-order chi connectivity index (χ1) is 14.3. The van der Waals surface area contributed by atoms with Crippen molar-refractivity contribution in [1.82, 2.24) is 20.5 Å². The van der Waals surface area contributed by atoms with E-state index < -0.39 is 0 Å². The molecule has 1 aliphatic heterocycles. The molecule has 0 atom stereocenters. The van der Waals surface area contributed by atoms with Gasteiger partial charge in [-0.05, 0) is 35.9 Å². The van der Waals surface area contributed by atoms with E-state index in [-0.39, 0.29) is 11.6 Å². The van der Waals surface area contributed by atoms with Crippen molar-refractivity contribution in [2.24, 2.45) is 0 Å². The van der Waals surface area contributed by atoms with E-state index in [0.717, 1.165) is 43.2 Å². The summed E-state index contributed by atoms with van der Waals surface area (Å²) in [4.78, 5) is 18.6. The third-order valence-corrected chi connectivity index (χ3v) is 4.59. The van der Waals surface area contributed by atoms with Crippen molar-refractivity contribution in [3.63, 3.8) is 0 Å². The van der Waals surface area contributed by atoms with E-state index in [4.69, 9.17) is 4.74 Å². The maximum atomic E-state index is 12.3. The zero-order chi connectivity index (χ0) is 19.9. The van der Waals surface area contributed by atoms with Crippen LogP contribution in [0.3, 0.4) is 0 Å². The largest absolute Gasteiger partial charge is 0.378 e. The summed E-state index contributed by atoms with van der Waals surface area (Å²) in [5.74, 6) is 0.302. The van der Waals surface area contributed by atoms with Crippen LogP contribution in [0, 0.1) is 0 Å². The Hall–Kier alpha value is -3.52. The Morgan fingerprint density at radius 2 is 1.90 bits per heavy atom. The number of nitrogens with one attached hydrogen (secondary N) is 2. The number of aromatic nitrogens is 3. The Bertz CT molecular complexity index is 943. The molecule has 0 radical (unpaired) electrons. The molecular formula is C21H22N6O2. The predicted molar refractivity (Wildman–Crippen MR) is 110 cm³/mol. The van der Waals surface area contributed by atoms with Gasteiger partial charge in [-0.15, -0.1) is 10.2 Å². The van der Waals surface area contributed by atoms with Gasteiger partial charge in [0.05, 0.1) is 24.6 Å². The van der Waals surface area contributed by atoms with Crippen LogP contribution in [-0.4, -0.2) is 47.4 Å². The number of para-hydroxylation sites is 2. The molecule has 0 bridgehead atoms. The first kappa shape index (κ1) is 18.8. The van der Waals surface area contributed by atoms with Crippen LogP contribution in [0.5, 0.6) is 0 Å². The Balaban J connectivity index is 1.40. The van der Waals surface area contributed by atoms with Gasteiger partial charge in [-0.25, -0.2) is 0 Å². The number of nitrogens with zero attached hydrogens (tertiary/aromatic N) is 4. The van der Waals surface area contributed by atoms with Crippen LogP contribution >= 0.6 is 0 Å². The summed E-state index contributed by atoms with van der Waals surface area (Å²) in [6.07, 6.45) is 3.41. The second-order valence-electron chi connectivity index (χ2n) is 6.59. The van der Waals surface area contributed by atoms with Gasteiger partial charge in [-0.3, -0.25) is 9.78 Å². The van der Waals surface area contributed by atoms with Gasteiger partial charge in [-0.2, -0.15) is 0 Å². The third-order valence-electron chi connectivity index (χ3n) is 4.59. The lowest BCUT2D eigenvalue weighted by molar-refractivity contribution is 0.0945. The van der Waals surface area contributed by atoms with Gasteiger partial charge in [-0.1, -0.05) is 18.2 Å². The molecule has 0 spiro atoms. The summed E-state index contributed by atoms with van der Waals surface area (Å²) in [6, 6.07) is 15.2. The van der Waals surface area contributed by atoms with Gasteiger partial charge in [0.25, 0.3) is 5.91 Å². The monoisotopic (exact) mass is 390 g/mol. The maximum Gasteiger partial charge on any atom is 0.272 e. The zero-order valence-electron chi connectivity index (χ0n) is 15.9. The van der Waals surface area contributed by atoms with Gasteiger partial charge in [0, 0.05) is 32.0 Å². The number of rotatable bonds is 6. The predicted octanol–water partition coefficient (Wildman–Crippen LogP) is 2.38. The van der Waals surface area contributed by atoms with Gasteiger partial charge >= 0.3 is 0 Å². The summed E-state index contributed by atoms with van der Waals surface area (Å²) in [7, 11) is 0. The van der Waals surface area contributed by atoms with Crippen molar-refractivity contribution in [1.29, 1.82) is 0 Å². The molecular weight excluding hydrogens is 368 g/mol. The summed E-state index contributed by atoms with van der Waals surface area (Å²) < 4.78 is 5.44. The van der Waals surface area contributed by atoms with Crippen molar-refractivity contribution in [3.8, 4) is 0 Å². The molecule has 1 fully saturated rings. The van der Waals surface area contributed by atoms with Crippen molar-refractivity contribution in [3.05, 3.63) is 72.2 Å². The number of pyridine rings is 1. The Kier molecular flexibility index (Phi) is 5.92. The molecule has 2 aromatic heterocycles. The van der Waals surface area contributed by atoms with E-state index >= 15 is 0 Å². The molecule has 0 aliphatic carbocycles. The van der Waals surface area contributed by atoms with Crippen LogP contribution in [0.4, 0.5) is 17.2 Å². The van der Waals surface area contributed by atoms with E-state index in [1.54, 1.807) is 24.5 Å². The Labute approximate surface area is 168 Å². The van der Waals surface area contributed by atoms with E-state index in [1.807, 2.05) is 30.3 Å². The number of ether oxygens (including phenoxy) is 1. The van der Waals surface area contributed by atoms with Crippen LogP contribution in [0.25, 0.3) is 0 Å². The molecule has 1 aliphatic rings. The number of anilines is 3. The quantitative estimate of drug-likeness (QED) is 0.668. The topological polar surface area (TPSA) is 92.3 Å². The van der Waals surface area contributed by atoms with Crippen LogP contribution in [-0.2, 0) is 11.3 Å². The smallest absolute Gasteiger partial charge is 0.272 e. The minimum absolute atomic E-state index is 0.265. The molecule has 1 amide bonds. The van der Waals surface area contributed by atoms with Crippen LogP contribution < -0.4 is 15.5 Å². The summed E-state index contributed by atoms with van der Waals surface area (Å²) >= 11 is 0. The number of benzene rings is 1. The number of amides is 1. The van der Waals surface area contributed by atoms with Gasteiger partial charge in [0.1, 0.15) is 0 Å². The van der Waals surface area contributed by atoms with E-state index in [0.29, 0.717) is 12.4 Å². The number of carbonyl (C=O) groups is 1. The molecule has 3 heterocycles. The van der Waals surface area contributed by atoms with Crippen molar-refractivity contribution in [2.75, 3.05) is 36.5 Å². The third kappa shape index (κ3) is 4.85. The standard InChI is InChI=1S/C21H22N6O2/c28-21(23-15-16-4-3-9-22-14-16)18-7-8-20(26-25-18)24-17-5-1-2-6-19(17)27-10-12-29-13-11-27/h1-9,14H,10-13,15H2,(H,23,28)(H,24,26). The van der Waals surface area contributed by atoms with Crippen molar-refractivity contribution >= 4 is 23.1 Å². The molecule has 8 heteroatoms. The molecule has 2 N–H and O–H groups in total. The summed E-state index contributed by atoms with van der Waals surface area (Å²) in [5.41, 5.74) is 3.22.